The topological polar surface area (TPSA) is 97.7 Å². The van der Waals surface area contributed by atoms with Crippen LogP contribution in [-0.2, 0) is 14.3 Å². The van der Waals surface area contributed by atoms with E-state index in [1.54, 1.807) is 37.4 Å². The molecule has 0 saturated heterocycles. The summed E-state index contributed by atoms with van der Waals surface area (Å²) in [5.74, 6) is -0.166. The number of benzene rings is 2. The molecule has 1 N–H and O–H groups in total. The fourth-order valence-corrected chi connectivity index (χ4v) is 2.35. The van der Waals surface area contributed by atoms with Gasteiger partial charge in [0.15, 0.2) is 6.61 Å². The normalized spacial score (nSPS) is 10.6. The minimum Gasteiger partial charge on any atom is -0.497 e. The van der Waals surface area contributed by atoms with Crippen LogP contribution in [0.4, 0.5) is 5.69 Å². The minimum absolute atomic E-state index is 0.102. The molecule has 0 spiro atoms. The molecule has 0 aliphatic heterocycles. The van der Waals surface area contributed by atoms with Crippen LogP contribution in [0.15, 0.2) is 48.0 Å². The van der Waals surface area contributed by atoms with Crippen LogP contribution in [0.2, 0.25) is 5.02 Å². The number of hydrogen-bond acceptors (Lipinski definition) is 6. The van der Waals surface area contributed by atoms with Gasteiger partial charge in [-0.15, -0.1) is 0 Å². The molecule has 0 atom stereocenters. The summed E-state index contributed by atoms with van der Waals surface area (Å²) in [7, 11) is 2.79. The summed E-state index contributed by atoms with van der Waals surface area (Å²) in [6.45, 7) is -0.279. The smallest absolute Gasteiger partial charge is 0.343 e. The van der Waals surface area contributed by atoms with Gasteiger partial charge in [-0.1, -0.05) is 17.7 Å². The summed E-state index contributed by atoms with van der Waals surface area (Å²) in [4.78, 5) is 23.4. The fraction of sp³-hybridized carbons (Fsp3) is 0.150. The van der Waals surface area contributed by atoms with Crippen molar-refractivity contribution in [3.05, 3.63) is 58.6 Å². The van der Waals surface area contributed by atoms with Crippen LogP contribution in [0.25, 0.3) is 6.08 Å². The molecule has 0 aromatic heterocycles. The van der Waals surface area contributed by atoms with Crippen molar-refractivity contribution in [1.82, 2.24) is 0 Å². The van der Waals surface area contributed by atoms with Crippen LogP contribution in [-0.4, -0.2) is 32.7 Å². The zero-order chi connectivity index (χ0) is 20.5. The molecule has 0 aliphatic carbocycles. The van der Waals surface area contributed by atoms with Crippen molar-refractivity contribution in [2.45, 2.75) is 0 Å². The van der Waals surface area contributed by atoms with Crippen LogP contribution in [0.1, 0.15) is 5.56 Å². The predicted molar refractivity (Wildman–Crippen MR) is 104 cm³/mol. The maximum Gasteiger partial charge on any atom is 0.343 e. The quantitative estimate of drug-likeness (QED) is 0.434. The Morgan fingerprint density at radius 1 is 1.18 bits per heavy atom. The van der Waals surface area contributed by atoms with Gasteiger partial charge >= 0.3 is 5.97 Å². The van der Waals surface area contributed by atoms with Gasteiger partial charge in [-0.25, -0.2) is 4.79 Å². The van der Waals surface area contributed by atoms with Crippen molar-refractivity contribution in [2.75, 3.05) is 26.1 Å². The molecule has 1 amide bonds. The number of halogens is 1. The number of carbonyl (C=O) groups is 2. The Balaban J connectivity index is 2.12. The fourth-order valence-electron chi connectivity index (χ4n) is 2.11. The molecule has 144 valence electrons. The molecule has 2 aromatic rings. The molecule has 8 heteroatoms. The Bertz CT molecular complexity index is 933. The lowest BCUT2D eigenvalue weighted by molar-refractivity contribution is -0.142. The average Bonchev–Trinajstić information content (AvgIpc) is 2.71. The summed E-state index contributed by atoms with van der Waals surface area (Å²) < 4.78 is 14.8. The highest BCUT2D eigenvalue weighted by atomic mass is 35.5. The lowest BCUT2D eigenvalue weighted by atomic mass is 10.1. The van der Waals surface area contributed by atoms with Crippen molar-refractivity contribution in [3.63, 3.8) is 0 Å². The molecular formula is C20H17ClN2O5. The second-order valence-electron chi connectivity index (χ2n) is 5.41. The first-order chi connectivity index (χ1) is 13.5. The molecular weight excluding hydrogens is 384 g/mol. The molecule has 0 fully saturated rings. The summed E-state index contributed by atoms with van der Waals surface area (Å²) in [5.41, 5.74) is 0.948. The van der Waals surface area contributed by atoms with E-state index in [-0.39, 0.29) is 23.0 Å². The lowest BCUT2D eigenvalue weighted by Gasteiger charge is -2.08. The van der Waals surface area contributed by atoms with Crippen LogP contribution < -0.4 is 14.8 Å². The average molecular weight is 401 g/mol. The molecule has 2 aromatic carbocycles. The van der Waals surface area contributed by atoms with E-state index in [4.69, 9.17) is 21.1 Å². The number of amides is 1. The first-order valence-corrected chi connectivity index (χ1v) is 8.41. The van der Waals surface area contributed by atoms with Crippen molar-refractivity contribution in [1.29, 1.82) is 5.26 Å². The molecule has 28 heavy (non-hydrogen) atoms. The number of methoxy groups -OCH3 is 2. The van der Waals surface area contributed by atoms with Crippen molar-refractivity contribution >= 4 is 35.2 Å². The first-order valence-electron chi connectivity index (χ1n) is 8.03. The number of nitrogens with one attached hydrogen (secondary N) is 1. The van der Waals surface area contributed by atoms with E-state index < -0.39 is 11.9 Å². The van der Waals surface area contributed by atoms with Gasteiger partial charge in [0, 0.05) is 5.69 Å². The number of esters is 1. The Morgan fingerprint density at radius 3 is 2.46 bits per heavy atom. The van der Waals surface area contributed by atoms with E-state index in [2.05, 4.69) is 10.1 Å². The third-order valence-electron chi connectivity index (χ3n) is 3.55. The van der Waals surface area contributed by atoms with E-state index in [1.165, 1.54) is 25.3 Å². The third kappa shape index (κ3) is 5.76. The maximum atomic E-state index is 12.3. The van der Waals surface area contributed by atoms with Gasteiger partial charge in [0.2, 0.25) is 0 Å². The highest BCUT2D eigenvalue weighted by Gasteiger charge is 2.11. The number of anilines is 1. The number of ether oxygens (including phenoxy) is 3. The Hall–Kier alpha value is -3.50. The largest absolute Gasteiger partial charge is 0.497 e. The van der Waals surface area contributed by atoms with Gasteiger partial charge in [-0.2, -0.15) is 5.26 Å². The molecule has 0 heterocycles. The van der Waals surface area contributed by atoms with E-state index in [0.717, 1.165) is 0 Å². The molecule has 0 radical (unpaired) electrons. The minimum atomic E-state index is -0.560. The second kappa shape index (κ2) is 10.00. The SMILES string of the molecule is COC(=O)COc1ccc(/C=C(\C#N)C(=O)Nc2ccc(OC)cc2)cc1Cl. The molecule has 2 rings (SSSR count). The van der Waals surface area contributed by atoms with Crippen LogP contribution in [0.3, 0.4) is 0 Å². The summed E-state index contributed by atoms with van der Waals surface area (Å²) in [6.07, 6.45) is 1.40. The maximum absolute atomic E-state index is 12.3. The van der Waals surface area contributed by atoms with Crippen LogP contribution in [0.5, 0.6) is 11.5 Å². The van der Waals surface area contributed by atoms with E-state index in [1.807, 2.05) is 6.07 Å². The number of hydrogen-bond donors (Lipinski definition) is 1. The van der Waals surface area contributed by atoms with Crippen LogP contribution >= 0.6 is 11.6 Å². The van der Waals surface area contributed by atoms with Gasteiger partial charge in [0.25, 0.3) is 5.91 Å². The van der Waals surface area contributed by atoms with Crippen molar-refractivity contribution < 1.29 is 23.8 Å². The van der Waals surface area contributed by atoms with Crippen molar-refractivity contribution in [2.24, 2.45) is 0 Å². The number of nitriles is 1. The zero-order valence-corrected chi connectivity index (χ0v) is 15.9. The van der Waals surface area contributed by atoms with Gasteiger partial charge in [-0.05, 0) is 48.0 Å². The highest BCUT2D eigenvalue weighted by Crippen LogP contribution is 2.26. The van der Waals surface area contributed by atoms with Crippen molar-refractivity contribution in [3.8, 4) is 17.6 Å². The summed E-state index contributed by atoms with van der Waals surface area (Å²) in [6, 6.07) is 13.2. The standard InChI is InChI=1S/C20H17ClN2O5/c1-26-16-6-4-15(5-7-16)23-20(25)14(11-22)9-13-3-8-18(17(21)10-13)28-12-19(24)27-2/h3-10H,12H2,1-2H3,(H,23,25)/b14-9+. The number of carbonyl (C=O) groups excluding carboxylic acids is 2. The predicted octanol–water partition coefficient (Wildman–Crippen LogP) is 3.45. The summed E-state index contributed by atoms with van der Waals surface area (Å²) in [5, 5.41) is 12.2. The Morgan fingerprint density at radius 2 is 1.89 bits per heavy atom. The Kier molecular flexibility index (Phi) is 7.43. The number of nitrogens with zero attached hydrogens (tertiary/aromatic N) is 1. The van der Waals surface area contributed by atoms with Crippen LogP contribution in [0, 0.1) is 11.3 Å². The lowest BCUT2D eigenvalue weighted by Crippen LogP contribution is -2.13. The highest BCUT2D eigenvalue weighted by molar-refractivity contribution is 6.32. The number of rotatable bonds is 7. The first kappa shape index (κ1) is 20.8. The Labute approximate surface area is 167 Å². The van der Waals surface area contributed by atoms with E-state index in [9.17, 15) is 14.9 Å². The summed E-state index contributed by atoms with van der Waals surface area (Å²) >= 11 is 6.12. The molecule has 7 nitrogen and oxygen atoms in total. The molecule has 0 unspecified atom stereocenters. The van der Waals surface area contributed by atoms with E-state index in [0.29, 0.717) is 17.0 Å². The molecule has 0 saturated carbocycles. The van der Waals surface area contributed by atoms with Gasteiger partial charge in [0.1, 0.15) is 23.1 Å². The van der Waals surface area contributed by atoms with Gasteiger partial charge in [-0.3, -0.25) is 4.79 Å². The monoisotopic (exact) mass is 400 g/mol. The van der Waals surface area contributed by atoms with Gasteiger partial charge < -0.3 is 19.5 Å². The van der Waals surface area contributed by atoms with Gasteiger partial charge in [0.05, 0.1) is 19.2 Å². The zero-order valence-electron chi connectivity index (χ0n) is 15.2. The molecule has 0 bridgehead atoms. The third-order valence-corrected chi connectivity index (χ3v) is 3.85. The van der Waals surface area contributed by atoms with E-state index >= 15 is 0 Å². The second-order valence-corrected chi connectivity index (χ2v) is 5.81. The molecule has 0 aliphatic rings.